The van der Waals surface area contributed by atoms with Gasteiger partial charge >= 0.3 is 0 Å². The molecule has 1 amide bonds. The van der Waals surface area contributed by atoms with E-state index in [1.54, 1.807) is 6.07 Å². The summed E-state index contributed by atoms with van der Waals surface area (Å²) in [6, 6.07) is 23.0. The summed E-state index contributed by atoms with van der Waals surface area (Å²) >= 11 is 5.85. The summed E-state index contributed by atoms with van der Waals surface area (Å²) in [6.45, 7) is 0. The minimum Gasteiger partial charge on any atom is -0.329 e. The number of imidazole rings is 1. The molecule has 3 aromatic carbocycles. The van der Waals surface area contributed by atoms with Crippen LogP contribution in [0, 0.1) is 0 Å². The highest BCUT2D eigenvalue weighted by molar-refractivity contribution is 6.29. The van der Waals surface area contributed by atoms with E-state index >= 15 is 0 Å². The maximum Gasteiger partial charge on any atom is 0.255 e. The second-order valence-electron chi connectivity index (χ2n) is 5.66. The van der Waals surface area contributed by atoms with E-state index in [1.165, 1.54) is 0 Å². The van der Waals surface area contributed by atoms with Crippen molar-refractivity contribution in [2.75, 3.05) is 5.32 Å². The molecule has 0 fully saturated rings. The van der Waals surface area contributed by atoms with Crippen molar-refractivity contribution in [3.05, 3.63) is 83.6 Å². The Kier molecular flexibility index (Phi) is 3.96. The van der Waals surface area contributed by atoms with Crippen LogP contribution in [0.1, 0.15) is 10.4 Å². The van der Waals surface area contributed by atoms with Crippen molar-refractivity contribution < 1.29 is 4.79 Å². The molecule has 1 heterocycles. The van der Waals surface area contributed by atoms with Crippen molar-refractivity contribution in [3.8, 4) is 11.1 Å². The van der Waals surface area contributed by atoms with Gasteiger partial charge in [0.25, 0.3) is 5.91 Å². The highest BCUT2D eigenvalue weighted by Gasteiger charge is 2.08. The Balaban J connectivity index is 1.53. The van der Waals surface area contributed by atoms with Gasteiger partial charge in [-0.1, -0.05) is 42.5 Å². The number of anilines is 1. The summed E-state index contributed by atoms with van der Waals surface area (Å²) in [5, 5.41) is 3.22. The monoisotopic (exact) mass is 347 g/mol. The van der Waals surface area contributed by atoms with Crippen LogP contribution in [-0.4, -0.2) is 15.9 Å². The standard InChI is InChI=1S/C20H14ClN3O/c21-20-23-17-11-10-16(12-18(17)24-20)22-19(25)15-8-6-14(7-9-15)13-4-2-1-3-5-13/h1-12H,(H,22,25)(H,23,24). The smallest absolute Gasteiger partial charge is 0.255 e. The molecule has 25 heavy (non-hydrogen) atoms. The van der Waals surface area contributed by atoms with Gasteiger partial charge in [0.2, 0.25) is 5.28 Å². The van der Waals surface area contributed by atoms with Crippen LogP contribution in [0.3, 0.4) is 0 Å². The molecule has 0 bridgehead atoms. The summed E-state index contributed by atoms with van der Waals surface area (Å²) in [4.78, 5) is 19.5. The number of H-pyrrole nitrogens is 1. The van der Waals surface area contributed by atoms with Crippen molar-refractivity contribution in [2.24, 2.45) is 0 Å². The molecule has 2 N–H and O–H groups in total. The van der Waals surface area contributed by atoms with Crippen LogP contribution in [0.25, 0.3) is 22.2 Å². The van der Waals surface area contributed by atoms with E-state index in [0.717, 1.165) is 22.2 Å². The summed E-state index contributed by atoms with van der Waals surface area (Å²) in [5.41, 5.74) is 5.02. The predicted octanol–water partition coefficient (Wildman–Crippen LogP) is 5.14. The van der Waals surface area contributed by atoms with Crippen LogP contribution in [0.2, 0.25) is 5.28 Å². The van der Waals surface area contributed by atoms with Crippen molar-refractivity contribution >= 4 is 34.2 Å². The zero-order valence-corrected chi connectivity index (χ0v) is 13.9. The second kappa shape index (κ2) is 6.42. The number of amides is 1. The summed E-state index contributed by atoms with van der Waals surface area (Å²) < 4.78 is 0. The molecule has 5 heteroatoms. The summed E-state index contributed by atoms with van der Waals surface area (Å²) in [7, 11) is 0. The predicted molar refractivity (Wildman–Crippen MR) is 101 cm³/mol. The fraction of sp³-hybridized carbons (Fsp3) is 0. The maximum atomic E-state index is 12.4. The number of benzene rings is 3. The molecule has 0 spiro atoms. The largest absolute Gasteiger partial charge is 0.329 e. The zero-order chi connectivity index (χ0) is 17.2. The highest BCUT2D eigenvalue weighted by Crippen LogP contribution is 2.21. The number of carbonyl (C=O) groups excluding carboxylic acids is 1. The minimum absolute atomic E-state index is 0.162. The molecule has 4 rings (SSSR count). The summed E-state index contributed by atoms with van der Waals surface area (Å²) in [5.74, 6) is -0.162. The van der Waals surface area contributed by atoms with E-state index < -0.39 is 0 Å². The van der Waals surface area contributed by atoms with Gasteiger partial charge in [-0.3, -0.25) is 4.79 Å². The Morgan fingerprint density at radius 3 is 2.40 bits per heavy atom. The fourth-order valence-corrected chi connectivity index (χ4v) is 2.90. The molecule has 0 aliphatic carbocycles. The average Bonchev–Trinajstić information content (AvgIpc) is 3.02. The lowest BCUT2D eigenvalue weighted by atomic mass is 10.0. The van der Waals surface area contributed by atoms with Crippen LogP contribution in [0.5, 0.6) is 0 Å². The van der Waals surface area contributed by atoms with Gasteiger partial charge in [0.1, 0.15) is 0 Å². The molecule has 0 aliphatic rings. The molecule has 0 aliphatic heterocycles. The van der Waals surface area contributed by atoms with E-state index in [2.05, 4.69) is 15.3 Å². The van der Waals surface area contributed by atoms with E-state index in [0.29, 0.717) is 16.5 Å². The molecule has 4 aromatic rings. The number of aromatic amines is 1. The van der Waals surface area contributed by atoms with Crippen LogP contribution >= 0.6 is 11.6 Å². The molecular weight excluding hydrogens is 334 g/mol. The summed E-state index contributed by atoms with van der Waals surface area (Å²) in [6.07, 6.45) is 0. The average molecular weight is 348 g/mol. The molecule has 0 unspecified atom stereocenters. The first-order chi connectivity index (χ1) is 12.2. The lowest BCUT2D eigenvalue weighted by Gasteiger charge is -2.07. The number of hydrogen-bond acceptors (Lipinski definition) is 2. The molecule has 0 atom stereocenters. The third-order valence-electron chi connectivity index (χ3n) is 3.97. The molecule has 0 saturated carbocycles. The highest BCUT2D eigenvalue weighted by atomic mass is 35.5. The lowest BCUT2D eigenvalue weighted by molar-refractivity contribution is 0.102. The zero-order valence-electron chi connectivity index (χ0n) is 13.2. The third kappa shape index (κ3) is 3.25. The van der Waals surface area contributed by atoms with Crippen molar-refractivity contribution in [3.63, 3.8) is 0 Å². The SMILES string of the molecule is O=C(Nc1ccc2nc(Cl)[nH]c2c1)c1ccc(-c2ccccc2)cc1. The number of halogens is 1. The van der Waals surface area contributed by atoms with Crippen LogP contribution in [-0.2, 0) is 0 Å². The molecule has 4 nitrogen and oxygen atoms in total. The van der Waals surface area contributed by atoms with Gasteiger partial charge in [0, 0.05) is 11.3 Å². The van der Waals surface area contributed by atoms with Crippen molar-refractivity contribution in [1.29, 1.82) is 0 Å². The Bertz CT molecular complexity index is 1040. The Morgan fingerprint density at radius 1 is 0.920 bits per heavy atom. The third-order valence-corrected chi connectivity index (χ3v) is 4.14. The van der Waals surface area contributed by atoms with Gasteiger partial charge in [0.15, 0.2) is 0 Å². The van der Waals surface area contributed by atoms with Crippen molar-refractivity contribution in [1.82, 2.24) is 9.97 Å². The molecular formula is C20H14ClN3O. The van der Waals surface area contributed by atoms with Gasteiger partial charge < -0.3 is 10.3 Å². The molecule has 122 valence electrons. The number of carbonyl (C=O) groups is 1. The first-order valence-electron chi connectivity index (χ1n) is 7.81. The normalized spacial score (nSPS) is 10.8. The van der Waals surface area contributed by atoms with Gasteiger partial charge in [-0.15, -0.1) is 0 Å². The van der Waals surface area contributed by atoms with Crippen LogP contribution in [0.4, 0.5) is 5.69 Å². The number of aromatic nitrogens is 2. The first-order valence-corrected chi connectivity index (χ1v) is 8.19. The van der Waals surface area contributed by atoms with E-state index in [4.69, 9.17) is 11.6 Å². The number of nitrogens with one attached hydrogen (secondary N) is 2. The molecule has 0 saturated heterocycles. The van der Waals surface area contributed by atoms with E-state index in [-0.39, 0.29) is 5.91 Å². The minimum atomic E-state index is -0.162. The van der Waals surface area contributed by atoms with Crippen molar-refractivity contribution in [2.45, 2.75) is 0 Å². The van der Waals surface area contributed by atoms with Gasteiger partial charge in [0.05, 0.1) is 11.0 Å². The number of rotatable bonds is 3. The maximum absolute atomic E-state index is 12.4. The van der Waals surface area contributed by atoms with Gasteiger partial charge in [-0.2, -0.15) is 0 Å². The van der Waals surface area contributed by atoms with E-state index in [1.807, 2.05) is 66.7 Å². The number of fused-ring (bicyclic) bond motifs is 1. The first kappa shape index (κ1) is 15.4. The number of nitrogens with zero attached hydrogens (tertiary/aromatic N) is 1. The topological polar surface area (TPSA) is 57.8 Å². The lowest BCUT2D eigenvalue weighted by Crippen LogP contribution is -2.11. The van der Waals surface area contributed by atoms with Crippen LogP contribution in [0.15, 0.2) is 72.8 Å². The Morgan fingerprint density at radius 2 is 1.64 bits per heavy atom. The molecule has 1 aromatic heterocycles. The van der Waals surface area contributed by atoms with Gasteiger partial charge in [-0.25, -0.2) is 4.98 Å². The van der Waals surface area contributed by atoms with Gasteiger partial charge in [-0.05, 0) is 53.1 Å². The fourth-order valence-electron chi connectivity index (χ4n) is 2.70. The Labute approximate surface area is 149 Å². The second-order valence-corrected chi connectivity index (χ2v) is 6.02. The van der Waals surface area contributed by atoms with E-state index in [9.17, 15) is 4.79 Å². The van der Waals surface area contributed by atoms with Crippen LogP contribution < -0.4 is 5.32 Å². The quantitative estimate of drug-likeness (QED) is 0.539. The number of hydrogen-bond donors (Lipinski definition) is 2. The molecule has 0 radical (unpaired) electrons. The Hall–Kier alpha value is -3.11.